The number of benzene rings is 3. The number of hydrogen-bond donors (Lipinski definition) is 1. The Morgan fingerprint density at radius 2 is 1.77 bits per heavy atom. The van der Waals surface area contributed by atoms with Crippen LogP contribution in [0.2, 0.25) is 0 Å². The third-order valence-electron chi connectivity index (χ3n) is 6.74. The van der Waals surface area contributed by atoms with Gasteiger partial charge in [0.2, 0.25) is 5.91 Å². The topological polar surface area (TPSA) is 118 Å². The average molecular weight is 529 g/mol. The summed E-state index contributed by atoms with van der Waals surface area (Å²) in [6.07, 6.45) is 0. The summed E-state index contributed by atoms with van der Waals surface area (Å²) >= 11 is 0. The van der Waals surface area contributed by atoms with Crippen LogP contribution in [0.25, 0.3) is 11.1 Å². The summed E-state index contributed by atoms with van der Waals surface area (Å²) in [5.41, 5.74) is 4.73. The molecule has 0 aliphatic carbocycles. The smallest absolute Gasteiger partial charge is 0.440 e. The molecular weight excluding hydrogens is 500 g/mol. The number of likely N-dealkylation sites (N-methyl/N-ethyl adjacent to an activating group) is 1. The van der Waals surface area contributed by atoms with Gasteiger partial charge in [-0.05, 0) is 65.1 Å². The Kier molecular flexibility index (Phi) is 7.18. The van der Waals surface area contributed by atoms with Crippen molar-refractivity contribution in [1.82, 2.24) is 19.5 Å². The summed E-state index contributed by atoms with van der Waals surface area (Å²) in [5.74, 6) is -0.316. The first-order chi connectivity index (χ1) is 18.8. The van der Waals surface area contributed by atoms with Gasteiger partial charge in [0.05, 0.1) is 6.54 Å². The third kappa shape index (κ3) is 5.85. The molecule has 5 rings (SSSR count). The first-order valence-electron chi connectivity index (χ1n) is 12.5. The van der Waals surface area contributed by atoms with Crippen molar-refractivity contribution >= 4 is 11.8 Å². The maximum Gasteiger partial charge on any atom is 0.440 e. The SMILES string of the molecule is Cc1cc(C(=O)N2CCN(C)C(=O)C2)ccc1-c1cccc(COc2ccc(Cn3oc(=O)[nH]c3=O)cc2)c1. The predicted octanol–water partition coefficient (Wildman–Crippen LogP) is 2.65. The van der Waals surface area contributed by atoms with Gasteiger partial charge in [-0.15, -0.1) is 4.74 Å². The van der Waals surface area contributed by atoms with E-state index in [2.05, 4.69) is 11.1 Å². The number of piperazine rings is 1. The van der Waals surface area contributed by atoms with Crippen LogP contribution in [-0.4, -0.2) is 58.0 Å². The number of nitrogens with zero attached hydrogens (tertiary/aromatic N) is 3. The average Bonchev–Trinajstić information content (AvgIpc) is 3.25. The summed E-state index contributed by atoms with van der Waals surface area (Å²) < 4.78 is 11.7. The number of aromatic amines is 1. The Labute approximate surface area is 224 Å². The minimum absolute atomic E-state index is 0.0543. The molecule has 1 N–H and O–H groups in total. The van der Waals surface area contributed by atoms with Crippen LogP contribution in [-0.2, 0) is 17.9 Å². The number of carbonyl (C=O) groups excluding carboxylic acids is 2. The summed E-state index contributed by atoms with van der Waals surface area (Å²) in [6.45, 7) is 3.63. The first-order valence-corrected chi connectivity index (χ1v) is 12.5. The minimum Gasteiger partial charge on any atom is -0.489 e. The number of nitrogens with one attached hydrogen (secondary N) is 1. The molecule has 1 aliphatic rings. The second-order valence-corrected chi connectivity index (χ2v) is 9.55. The van der Waals surface area contributed by atoms with E-state index in [0.717, 1.165) is 32.6 Å². The molecule has 0 bridgehead atoms. The summed E-state index contributed by atoms with van der Waals surface area (Å²) in [4.78, 5) is 53.0. The standard InChI is InChI=1S/C29H28N4O6/c1-19-14-23(27(35)32-13-12-31(2)26(34)17-32)8-11-25(19)22-5-3-4-21(15-22)18-38-24-9-6-20(7-10-24)16-33-28(36)30-29(37)39-33/h3-11,14-15H,12-13,16-18H2,1-2H3,(H,30,36,37). The number of hydrogen-bond acceptors (Lipinski definition) is 6. The van der Waals surface area contributed by atoms with Crippen LogP contribution in [0, 0.1) is 6.92 Å². The van der Waals surface area contributed by atoms with E-state index >= 15 is 0 Å². The van der Waals surface area contributed by atoms with Gasteiger partial charge in [-0.2, -0.15) is 0 Å². The van der Waals surface area contributed by atoms with Crippen LogP contribution in [0.3, 0.4) is 0 Å². The number of carbonyl (C=O) groups is 2. The highest BCUT2D eigenvalue weighted by atomic mass is 16.5. The summed E-state index contributed by atoms with van der Waals surface area (Å²) in [6, 6.07) is 20.8. The van der Waals surface area contributed by atoms with Crippen molar-refractivity contribution in [3.8, 4) is 16.9 Å². The molecule has 0 radical (unpaired) electrons. The van der Waals surface area contributed by atoms with Crippen molar-refractivity contribution in [1.29, 1.82) is 0 Å². The van der Waals surface area contributed by atoms with Gasteiger partial charge in [-0.1, -0.05) is 36.4 Å². The van der Waals surface area contributed by atoms with Gasteiger partial charge in [0, 0.05) is 25.7 Å². The molecule has 200 valence electrons. The van der Waals surface area contributed by atoms with Crippen molar-refractivity contribution in [3.05, 3.63) is 110 Å². The van der Waals surface area contributed by atoms with E-state index in [1.54, 1.807) is 41.1 Å². The van der Waals surface area contributed by atoms with Crippen LogP contribution in [0.5, 0.6) is 5.75 Å². The molecule has 1 saturated heterocycles. The Hall–Kier alpha value is -4.86. The van der Waals surface area contributed by atoms with Crippen LogP contribution < -0.4 is 16.2 Å². The Morgan fingerprint density at radius 1 is 0.974 bits per heavy atom. The molecule has 1 fully saturated rings. The fourth-order valence-corrected chi connectivity index (χ4v) is 4.51. The molecule has 0 spiro atoms. The zero-order valence-electron chi connectivity index (χ0n) is 21.7. The van der Waals surface area contributed by atoms with E-state index < -0.39 is 11.4 Å². The van der Waals surface area contributed by atoms with Gasteiger partial charge in [0.15, 0.2) is 0 Å². The largest absolute Gasteiger partial charge is 0.489 e. The number of H-pyrrole nitrogens is 1. The van der Waals surface area contributed by atoms with Gasteiger partial charge in [0.1, 0.15) is 18.9 Å². The molecule has 2 heterocycles. The van der Waals surface area contributed by atoms with Gasteiger partial charge in [-0.3, -0.25) is 9.59 Å². The first kappa shape index (κ1) is 25.8. The number of aromatic nitrogens is 2. The van der Waals surface area contributed by atoms with Gasteiger partial charge in [-0.25, -0.2) is 14.6 Å². The molecule has 3 aromatic carbocycles. The molecule has 1 aromatic heterocycles. The van der Waals surface area contributed by atoms with Crippen molar-refractivity contribution in [2.75, 3.05) is 26.7 Å². The lowest BCUT2D eigenvalue weighted by atomic mass is 9.96. The van der Waals surface area contributed by atoms with Crippen molar-refractivity contribution in [2.24, 2.45) is 0 Å². The second-order valence-electron chi connectivity index (χ2n) is 9.55. The number of aryl methyl sites for hydroxylation is 1. The minimum atomic E-state index is -0.787. The van der Waals surface area contributed by atoms with Crippen molar-refractivity contribution in [3.63, 3.8) is 0 Å². The lowest BCUT2D eigenvalue weighted by Crippen LogP contribution is -2.50. The number of ether oxygens (including phenoxy) is 1. The Balaban J connectivity index is 1.23. The molecule has 39 heavy (non-hydrogen) atoms. The highest BCUT2D eigenvalue weighted by Gasteiger charge is 2.25. The molecular formula is C29H28N4O6. The maximum atomic E-state index is 13.0. The van der Waals surface area contributed by atoms with E-state index in [0.29, 0.717) is 31.0 Å². The predicted molar refractivity (Wildman–Crippen MR) is 144 cm³/mol. The lowest BCUT2D eigenvalue weighted by Gasteiger charge is -2.32. The molecule has 4 aromatic rings. The van der Waals surface area contributed by atoms with E-state index in [1.807, 2.05) is 43.3 Å². The van der Waals surface area contributed by atoms with Crippen LogP contribution in [0.15, 0.2) is 80.8 Å². The monoisotopic (exact) mass is 528 g/mol. The molecule has 0 unspecified atom stereocenters. The third-order valence-corrected chi connectivity index (χ3v) is 6.74. The lowest BCUT2D eigenvalue weighted by molar-refractivity contribution is -0.133. The number of rotatable bonds is 7. The zero-order chi connectivity index (χ0) is 27.5. The maximum absolute atomic E-state index is 13.0. The highest BCUT2D eigenvalue weighted by Crippen LogP contribution is 2.26. The fourth-order valence-electron chi connectivity index (χ4n) is 4.51. The Morgan fingerprint density at radius 3 is 2.46 bits per heavy atom. The van der Waals surface area contributed by atoms with E-state index in [9.17, 15) is 19.2 Å². The molecule has 0 atom stereocenters. The van der Waals surface area contributed by atoms with E-state index in [1.165, 1.54) is 0 Å². The summed E-state index contributed by atoms with van der Waals surface area (Å²) in [7, 11) is 1.75. The fraction of sp³-hybridized carbons (Fsp3) is 0.241. The molecule has 1 aliphatic heterocycles. The van der Waals surface area contributed by atoms with Gasteiger partial charge < -0.3 is 19.1 Å². The molecule has 2 amide bonds. The highest BCUT2D eigenvalue weighted by molar-refractivity contribution is 5.97. The quantitative estimate of drug-likeness (QED) is 0.394. The normalized spacial score (nSPS) is 13.5. The molecule has 0 saturated carbocycles. The van der Waals surface area contributed by atoms with Gasteiger partial charge >= 0.3 is 11.4 Å². The zero-order valence-corrected chi connectivity index (χ0v) is 21.7. The number of amides is 2. The summed E-state index contributed by atoms with van der Waals surface area (Å²) in [5, 5.41) is 0. The molecule has 10 heteroatoms. The second kappa shape index (κ2) is 10.9. The van der Waals surface area contributed by atoms with Crippen LogP contribution >= 0.6 is 0 Å². The molecule has 10 nitrogen and oxygen atoms in total. The van der Waals surface area contributed by atoms with Crippen LogP contribution in [0.1, 0.15) is 27.0 Å². The van der Waals surface area contributed by atoms with Crippen molar-refractivity contribution < 1.29 is 18.8 Å². The van der Waals surface area contributed by atoms with Crippen LogP contribution in [0.4, 0.5) is 0 Å². The van der Waals surface area contributed by atoms with E-state index in [-0.39, 0.29) is 24.9 Å². The van der Waals surface area contributed by atoms with E-state index in [4.69, 9.17) is 9.26 Å². The Bertz CT molecular complexity index is 1630. The van der Waals surface area contributed by atoms with Gasteiger partial charge in [0.25, 0.3) is 5.91 Å². The van der Waals surface area contributed by atoms with Crippen molar-refractivity contribution in [2.45, 2.75) is 20.1 Å².